The molecule has 4 heteroatoms. The summed E-state index contributed by atoms with van der Waals surface area (Å²) < 4.78 is 4.87. The first-order valence-electron chi connectivity index (χ1n) is 3.07. The van der Waals surface area contributed by atoms with E-state index >= 15 is 0 Å². The zero-order valence-electron chi connectivity index (χ0n) is 6.04. The van der Waals surface area contributed by atoms with E-state index in [1.807, 2.05) is 0 Å². The molecular formula is C7H8ClNO2. The molecule has 1 aromatic heterocycles. The summed E-state index contributed by atoms with van der Waals surface area (Å²) in [5.74, 6) is 0.590. The molecule has 1 rings (SSSR count). The van der Waals surface area contributed by atoms with E-state index in [1.165, 1.54) is 13.3 Å². The van der Waals surface area contributed by atoms with E-state index in [1.54, 1.807) is 6.07 Å². The zero-order chi connectivity index (χ0) is 8.27. The van der Waals surface area contributed by atoms with Crippen LogP contribution >= 0.6 is 11.6 Å². The Bertz CT molecular complexity index is 252. The van der Waals surface area contributed by atoms with Crippen molar-refractivity contribution in [3.63, 3.8) is 0 Å². The summed E-state index contributed by atoms with van der Waals surface area (Å²) in [6, 6.07) is 1.61. The molecule has 60 valence electrons. The van der Waals surface area contributed by atoms with Crippen molar-refractivity contribution in [1.29, 1.82) is 0 Å². The highest BCUT2D eigenvalue weighted by Crippen LogP contribution is 2.19. The van der Waals surface area contributed by atoms with Gasteiger partial charge in [-0.25, -0.2) is 0 Å². The number of hydrogen-bond acceptors (Lipinski definition) is 3. The quantitative estimate of drug-likeness (QED) is 0.732. The maximum atomic E-state index is 8.69. The number of rotatable bonds is 2. The number of aromatic nitrogens is 1. The summed E-state index contributed by atoms with van der Waals surface area (Å²) in [5.41, 5.74) is 0.465. The minimum Gasteiger partial charge on any atom is -0.495 e. The molecule has 1 aromatic rings. The molecular weight excluding hydrogens is 166 g/mol. The van der Waals surface area contributed by atoms with Crippen LogP contribution in [0.25, 0.3) is 0 Å². The molecule has 0 unspecified atom stereocenters. The van der Waals surface area contributed by atoms with Crippen molar-refractivity contribution >= 4 is 11.6 Å². The number of aliphatic hydroxyl groups excluding tert-OH is 1. The molecule has 1 N–H and O–H groups in total. The normalized spacial score (nSPS) is 9.73. The number of ether oxygens (including phenoxy) is 1. The summed E-state index contributed by atoms with van der Waals surface area (Å²) in [7, 11) is 1.53. The van der Waals surface area contributed by atoms with Crippen LogP contribution in [-0.4, -0.2) is 17.2 Å². The third-order valence-corrected chi connectivity index (χ3v) is 1.61. The van der Waals surface area contributed by atoms with E-state index in [0.29, 0.717) is 16.5 Å². The predicted molar refractivity (Wildman–Crippen MR) is 41.7 cm³/mol. The molecule has 0 radical (unpaired) electrons. The highest BCUT2D eigenvalue weighted by Gasteiger charge is 2.01. The Hall–Kier alpha value is -0.800. The van der Waals surface area contributed by atoms with E-state index < -0.39 is 0 Å². The average Bonchev–Trinajstić information content (AvgIpc) is 2.04. The van der Waals surface area contributed by atoms with Crippen LogP contribution in [0.2, 0.25) is 5.02 Å². The lowest BCUT2D eigenvalue weighted by atomic mass is 10.3. The number of hydrogen-bond donors (Lipinski definition) is 1. The molecule has 0 atom stereocenters. The fourth-order valence-electron chi connectivity index (χ4n) is 0.677. The summed E-state index contributed by atoms with van der Waals surface area (Å²) in [6.45, 7) is -0.150. The SMILES string of the molecule is COc1cnc(CO)c(Cl)c1. The lowest BCUT2D eigenvalue weighted by molar-refractivity contribution is 0.276. The standard InChI is InChI=1S/C7H8ClNO2/c1-11-5-2-6(8)7(4-10)9-3-5/h2-3,10H,4H2,1H3. The Morgan fingerprint density at radius 3 is 2.91 bits per heavy atom. The lowest BCUT2D eigenvalue weighted by Gasteiger charge is -2.01. The van der Waals surface area contributed by atoms with Crippen molar-refractivity contribution in [3.8, 4) is 5.75 Å². The summed E-state index contributed by atoms with van der Waals surface area (Å²) in [4.78, 5) is 3.86. The molecule has 0 saturated heterocycles. The second-order valence-electron chi connectivity index (χ2n) is 1.96. The molecule has 0 bridgehead atoms. The molecule has 0 aliphatic rings. The Kier molecular flexibility index (Phi) is 2.68. The van der Waals surface area contributed by atoms with E-state index in [0.717, 1.165) is 0 Å². The van der Waals surface area contributed by atoms with Gasteiger partial charge >= 0.3 is 0 Å². The number of pyridine rings is 1. The molecule has 3 nitrogen and oxygen atoms in total. The van der Waals surface area contributed by atoms with Crippen molar-refractivity contribution in [2.24, 2.45) is 0 Å². The third kappa shape index (κ3) is 1.82. The fraction of sp³-hybridized carbons (Fsp3) is 0.286. The highest BCUT2D eigenvalue weighted by molar-refractivity contribution is 6.31. The minimum atomic E-state index is -0.150. The van der Waals surface area contributed by atoms with Crippen molar-refractivity contribution in [2.75, 3.05) is 7.11 Å². The van der Waals surface area contributed by atoms with Crippen LogP contribution in [0, 0.1) is 0 Å². The maximum Gasteiger partial charge on any atom is 0.138 e. The molecule has 0 aliphatic carbocycles. The average molecular weight is 174 g/mol. The predicted octanol–water partition coefficient (Wildman–Crippen LogP) is 1.24. The Labute approximate surface area is 69.6 Å². The first-order valence-corrected chi connectivity index (χ1v) is 3.45. The molecule has 0 spiro atoms. The minimum absolute atomic E-state index is 0.150. The van der Waals surface area contributed by atoms with Crippen LogP contribution in [0.1, 0.15) is 5.69 Å². The van der Waals surface area contributed by atoms with Crippen molar-refractivity contribution in [2.45, 2.75) is 6.61 Å². The summed E-state index contributed by atoms with van der Waals surface area (Å²) in [6.07, 6.45) is 1.51. The van der Waals surface area contributed by atoms with Crippen LogP contribution in [0.5, 0.6) is 5.75 Å². The number of halogens is 1. The number of aliphatic hydroxyl groups is 1. The monoisotopic (exact) mass is 173 g/mol. The fourth-order valence-corrected chi connectivity index (χ4v) is 0.893. The van der Waals surface area contributed by atoms with Gasteiger partial charge < -0.3 is 9.84 Å². The van der Waals surface area contributed by atoms with Gasteiger partial charge in [-0.05, 0) is 0 Å². The molecule has 0 saturated carbocycles. The van der Waals surface area contributed by atoms with Gasteiger partial charge in [-0.15, -0.1) is 0 Å². The molecule has 0 aliphatic heterocycles. The van der Waals surface area contributed by atoms with Crippen LogP contribution < -0.4 is 4.74 Å². The van der Waals surface area contributed by atoms with Gasteiger partial charge in [0, 0.05) is 6.07 Å². The molecule has 11 heavy (non-hydrogen) atoms. The number of methoxy groups -OCH3 is 1. The summed E-state index contributed by atoms with van der Waals surface area (Å²) in [5, 5.41) is 9.12. The van der Waals surface area contributed by atoms with Gasteiger partial charge in [0.2, 0.25) is 0 Å². The highest BCUT2D eigenvalue weighted by atomic mass is 35.5. The van der Waals surface area contributed by atoms with Crippen molar-refractivity contribution in [1.82, 2.24) is 4.98 Å². The molecule has 0 aromatic carbocycles. The lowest BCUT2D eigenvalue weighted by Crippen LogP contribution is -1.91. The van der Waals surface area contributed by atoms with Crippen molar-refractivity contribution < 1.29 is 9.84 Å². The second kappa shape index (κ2) is 3.55. The van der Waals surface area contributed by atoms with Gasteiger partial charge in [0.15, 0.2) is 0 Å². The largest absolute Gasteiger partial charge is 0.495 e. The van der Waals surface area contributed by atoms with Gasteiger partial charge in [-0.1, -0.05) is 11.6 Å². The Balaban J connectivity index is 2.99. The van der Waals surface area contributed by atoms with Gasteiger partial charge in [0.1, 0.15) is 5.75 Å². The second-order valence-corrected chi connectivity index (χ2v) is 2.37. The Morgan fingerprint density at radius 1 is 1.73 bits per heavy atom. The smallest absolute Gasteiger partial charge is 0.138 e. The van der Waals surface area contributed by atoms with E-state index in [-0.39, 0.29) is 6.61 Å². The number of nitrogens with zero attached hydrogens (tertiary/aromatic N) is 1. The van der Waals surface area contributed by atoms with Gasteiger partial charge in [-0.2, -0.15) is 0 Å². The van der Waals surface area contributed by atoms with E-state index in [4.69, 9.17) is 21.4 Å². The molecule has 0 amide bonds. The Morgan fingerprint density at radius 2 is 2.45 bits per heavy atom. The van der Waals surface area contributed by atoms with Gasteiger partial charge in [0.25, 0.3) is 0 Å². The van der Waals surface area contributed by atoms with Crippen LogP contribution in [-0.2, 0) is 6.61 Å². The zero-order valence-corrected chi connectivity index (χ0v) is 6.80. The first-order chi connectivity index (χ1) is 5.27. The molecule has 1 heterocycles. The maximum absolute atomic E-state index is 8.69. The van der Waals surface area contributed by atoms with E-state index in [9.17, 15) is 0 Å². The van der Waals surface area contributed by atoms with E-state index in [2.05, 4.69) is 4.98 Å². The topological polar surface area (TPSA) is 42.4 Å². The van der Waals surface area contributed by atoms with Gasteiger partial charge in [0.05, 0.1) is 30.6 Å². The molecule has 0 fully saturated rings. The van der Waals surface area contributed by atoms with Crippen LogP contribution in [0.15, 0.2) is 12.3 Å². The summed E-state index contributed by atoms with van der Waals surface area (Å²) >= 11 is 5.71. The van der Waals surface area contributed by atoms with Crippen LogP contribution in [0.3, 0.4) is 0 Å². The van der Waals surface area contributed by atoms with Crippen molar-refractivity contribution in [3.05, 3.63) is 23.0 Å². The third-order valence-electron chi connectivity index (χ3n) is 1.28. The van der Waals surface area contributed by atoms with Gasteiger partial charge in [-0.3, -0.25) is 4.98 Å². The first kappa shape index (κ1) is 8.30. The van der Waals surface area contributed by atoms with Crippen LogP contribution in [0.4, 0.5) is 0 Å².